The van der Waals surface area contributed by atoms with Crippen molar-refractivity contribution in [2.45, 2.75) is 31.1 Å². The third-order valence-electron chi connectivity index (χ3n) is 4.33. The van der Waals surface area contributed by atoms with Crippen LogP contribution in [0.5, 0.6) is 0 Å². The number of piperidine rings is 1. The number of carbonyl (C=O) groups excluding carboxylic acids is 1. The number of imidazole rings is 1. The fourth-order valence-corrected chi connectivity index (χ4v) is 3.89. The number of aromatic nitrogens is 2. The van der Waals surface area contributed by atoms with Gasteiger partial charge in [-0.05, 0) is 12.8 Å². The molecule has 3 heterocycles. The molecule has 24 heavy (non-hydrogen) atoms. The molecule has 0 atom stereocenters. The van der Waals surface area contributed by atoms with Crippen molar-refractivity contribution >= 4 is 40.7 Å². The molecule has 2 aliphatic heterocycles. The second kappa shape index (κ2) is 8.48. The topological polar surface area (TPSA) is 110 Å². The first-order valence-electron chi connectivity index (χ1n) is 7.53. The van der Waals surface area contributed by atoms with Gasteiger partial charge in [-0.15, -0.1) is 24.8 Å². The van der Waals surface area contributed by atoms with Gasteiger partial charge in [-0.25, -0.2) is 18.5 Å². The largest absolute Gasteiger partial charge is 0.337 e. The Bertz CT molecular complexity index is 648. The normalized spacial score (nSPS) is 18.8. The van der Waals surface area contributed by atoms with Gasteiger partial charge in [-0.1, -0.05) is 0 Å². The predicted molar refractivity (Wildman–Crippen MR) is 95.3 cm³/mol. The van der Waals surface area contributed by atoms with Gasteiger partial charge in [-0.2, -0.15) is 0 Å². The van der Waals surface area contributed by atoms with E-state index in [9.17, 15) is 13.2 Å². The molecular weight excluding hydrogens is 377 g/mol. The number of nitrogens with zero attached hydrogens (tertiary/aromatic N) is 3. The van der Waals surface area contributed by atoms with E-state index in [-0.39, 0.29) is 30.7 Å². The molecule has 0 radical (unpaired) electrons. The van der Waals surface area contributed by atoms with E-state index in [1.165, 1.54) is 0 Å². The van der Waals surface area contributed by atoms with Crippen LogP contribution in [0.15, 0.2) is 6.20 Å². The van der Waals surface area contributed by atoms with Crippen LogP contribution in [0, 0.1) is 0 Å². The van der Waals surface area contributed by atoms with Crippen molar-refractivity contribution in [3.63, 3.8) is 0 Å². The lowest BCUT2D eigenvalue weighted by atomic mass is 10.1. The summed E-state index contributed by atoms with van der Waals surface area (Å²) in [7, 11) is -3.51. The molecule has 3 rings (SSSR count). The molecule has 2 aliphatic rings. The zero-order valence-corrected chi connectivity index (χ0v) is 15.6. The Labute approximate surface area is 154 Å². The van der Waals surface area contributed by atoms with Crippen molar-refractivity contribution in [3.8, 4) is 0 Å². The lowest BCUT2D eigenvalue weighted by Crippen LogP contribution is -2.44. The first-order chi connectivity index (χ1) is 10.4. The minimum absolute atomic E-state index is 0. The Kier molecular flexibility index (Phi) is 7.48. The number of carbonyl (C=O) groups is 1. The molecule has 3 N–H and O–H groups in total. The molecule has 138 valence electrons. The highest BCUT2D eigenvalue weighted by Crippen LogP contribution is 2.18. The SMILES string of the molecule is Cl.Cl.NS(=O)(=O)C1CCN(C(=O)c2cn3c(n2)CCNCC3)CC1. The summed E-state index contributed by atoms with van der Waals surface area (Å²) >= 11 is 0. The second-order valence-electron chi connectivity index (χ2n) is 5.82. The van der Waals surface area contributed by atoms with Gasteiger partial charge in [-0.3, -0.25) is 4.79 Å². The van der Waals surface area contributed by atoms with Crippen LogP contribution in [0.3, 0.4) is 0 Å². The van der Waals surface area contributed by atoms with E-state index in [0.29, 0.717) is 31.6 Å². The van der Waals surface area contributed by atoms with Crippen molar-refractivity contribution in [3.05, 3.63) is 17.7 Å². The van der Waals surface area contributed by atoms with Gasteiger partial charge in [0.25, 0.3) is 5.91 Å². The molecule has 1 aromatic heterocycles. The van der Waals surface area contributed by atoms with Gasteiger partial charge in [0, 0.05) is 45.3 Å². The fraction of sp³-hybridized carbons (Fsp3) is 0.692. The minimum atomic E-state index is -3.51. The number of likely N-dealkylation sites (tertiary alicyclic amines) is 1. The van der Waals surface area contributed by atoms with E-state index in [4.69, 9.17) is 5.14 Å². The molecule has 1 aromatic rings. The minimum Gasteiger partial charge on any atom is -0.337 e. The van der Waals surface area contributed by atoms with Gasteiger partial charge in [0.1, 0.15) is 11.5 Å². The number of hydrogen-bond acceptors (Lipinski definition) is 5. The van der Waals surface area contributed by atoms with Gasteiger partial charge in [0.05, 0.1) is 5.25 Å². The first-order valence-corrected chi connectivity index (χ1v) is 9.14. The summed E-state index contributed by atoms with van der Waals surface area (Å²) in [4.78, 5) is 18.6. The number of rotatable bonds is 2. The maximum absolute atomic E-state index is 12.5. The number of sulfonamides is 1. The molecule has 0 unspecified atom stereocenters. The molecule has 0 bridgehead atoms. The van der Waals surface area contributed by atoms with E-state index in [1.54, 1.807) is 11.1 Å². The highest BCUT2D eigenvalue weighted by molar-refractivity contribution is 7.89. The maximum Gasteiger partial charge on any atom is 0.274 e. The number of hydrogen-bond donors (Lipinski definition) is 2. The van der Waals surface area contributed by atoms with E-state index in [2.05, 4.69) is 10.3 Å². The maximum atomic E-state index is 12.5. The quantitative estimate of drug-likeness (QED) is 0.713. The Hall–Kier alpha value is -0.870. The highest BCUT2D eigenvalue weighted by atomic mass is 35.5. The van der Waals surface area contributed by atoms with Crippen molar-refractivity contribution < 1.29 is 13.2 Å². The van der Waals surface area contributed by atoms with Gasteiger partial charge < -0.3 is 14.8 Å². The molecule has 8 nitrogen and oxygen atoms in total. The third kappa shape index (κ3) is 4.60. The van der Waals surface area contributed by atoms with E-state index in [1.807, 2.05) is 4.57 Å². The summed E-state index contributed by atoms with van der Waals surface area (Å²) in [6.45, 7) is 3.36. The number of fused-ring (bicyclic) bond motifs is 1. The summed E-state index contributed by atoms with van der Waals surface area (Å²) < 4.78 is 24.7. The lowest BCUT2D eigenvalue weighted by molar-refractivity contribution is 0.0720. The molecule has 1 saturated heterocycles. The Balaban J connectivity index is 0.00000144. The summed E-state index contributed by atoms with van der Waals surface area (Å²) in [6, 6.07) is 0. The molecule has 0 saturated carbocycles. The number of halogens is 2. The first kappa shape index (κ1) is 21.2. The Morgan fingerprint density at radius 2 is 1.88 bits per heavy atom. The van der Waals surface area contributed by atoms with Crippen LogP contribution in [0.1, 0.15) is 29.2 Å². The van der Waals surface area contributed by atoms with Crippen LogP contribution in [0.25, 0.3) is 0 Å². The van der Waals surface area contributed by atoms with Gasteiger partial charge in [0.15, 0.2) is 0 Å². The van der Waals surface area contributed by atoms with Crippen molar-refractivity contribution in [1.82, 2.24) is 19.8 Å². The Morgan fingerprint density at radius 3 is 2.50 bits per heavy atom. The standard InChI is InChI=1S/C13H21N5O3S.2ClH/c14-22(20,21)10-2-6-17(7-3-10)13(19)11-9-18-8-5-15-4-1-12(18)16-11;;/h9-10,15H,1-8H2,(H2,14,20,21);2*1H. The second-order valence-corrected chi connectivity index (χ2v) is 7.66. The number of nitrogens with one attached hydrogen (secondary N) is 1. The summed E-state index contributed by atoms with van der Waals surface area (Å²) in [6.07, 6.45) is 3.39. The van der Waals surface area contributed by atoms with Gasteiger partial charge >= 0.3 is 0 Å². The van der Waals surface area contributed by atoms with E-state index < -0.39 is 15.3 Å². The van der Waals surface area contributed by atoms with Crippen molar-refractivity contribution in [2.75, 3.05) is 26.2 Å². The molecule has 1 amide bonds. The molecular formula is C13H23Cl2N5O3S. The van der Waals surface area contributed by atoms with Crippen molar-refractivity contribution in [2.24, 2.45) is 5.14 Å². The third-order valence-corrected chi connectivity index (χ3v) is 5.73. The number of primary sulfonamides is 1. The Morgan fingerprint density at radius 1 is 1.21 bits per heavy atom. The molecule has 0 aromatic carbocycles. The highest BCUT2D eigenvalue weighted by Gasteiger charge is 2.30. The van der Waals surface area contributed by atoms with Crippen LogP contribution in [-0.2, 0) is 23.0 Å². The summed E-state index contributed by atoms with van der Waals surface area (Å²) in [5.41, 5.74) is 0.450. The van der Waals surface area contributed by atoms with Crippen LogP contribution in [0.4, 0.5) is 0 Å². The molecule has 1 fully saturated rings. The molecule has 0 spiro atoms. The van der Waals surface area contributed by atoms with Crippen LogP contribution in [-0.4, -0.2) is 60.2 Å². The zero-order valence-electron chi connectivity index (χ0n) is 13.2. The zero-order chi connectivity index (χ0) is 15.7. The van der Waals surface area contributed by atoms with Crippen LogP contribution in [0.2, 0.25) is 0 Å². The van der Waals surface area contributed by atoms with Crippen molar-refractivity contribution in [1.29, 1.82) is 0 Å². The predicted octanol–water partition coefficient (Wildman–Crippen LogP) is -0.234. The fourth-order valence-electron chi connectivity index (χ4n) is 3.02. The van der Waals surface area contributed by atoms with E-state index in [0.717, 1.165) is 31.9 Å². The van der Waals surface area contributed by atoms with Gasteiger partial charge in [0.2, 0.25) is 10.0 Å². The molecule has 11 heteroatoms. The number of nitrogens with two attached hydrogens (primary N) is 1. The number of amides is 1. The van der Waals surface area contributed by atoms with Crippen LogP contribution >= 0.6 is 24.8 Å². The summed E-state index contributed by atoms with van der Waals surface area (Å²) in [5.74, 6) is 0.800. The summed E-state index contributed by atoms with van der Waals surface area (Å²) in [5, 5.41) is 7.92. The average Bonchev–Trinajstić information content (AvgIpc) is 2.77. The van der Waals surface area contributed by atoms with Crippen LogP contribution < -0.4 is 10.5 Å². The molecule has 0 aliphatic carbocycles. The van der Waals surface area contributed by atoms with E-state index >= 15 is 0 Å². The lowest BCUT2D eigenvalue weighted by Gasteiger charge is -2.30. The smallest absolute Gasteiger partial charge is 0.274 e. The monoisotopic (exact) mass is 399 g/mol. The average molecular weight is 400 g/mol.